The minimum Gasteiger partial charge on any atom is -0.479 e. The second-order valence-electron chi connectivity index (χ2n) is 28.9. The summed E-state index contributed by atoms with van der Waals surface area (Å²) in [7, 11) is 0. The maximum absolute atomic E-state index is 14.3. The van der Waals surface area contributed by atoms with Gasteiger partial charge in [-0.05, 0) is 117 Å². The molecule has 508 valence electrons. The third-order valence-electron chi connectivity index (χ3n) is 23.2. The van der Waals surface area contributed by atoms with Crippen molar-refractivity contribution in [1.82, 2.24) is 0 Å². The summed E-state index contributed by atoms with van der Waals surface area (Å²) in [5.41, 5.74) is -4.06. The third kappa shape index (κ3) is 11.4. The molecule has 1 aromatic rings. The van der Waals surface area contributed by atoms with Crippen LogP contribution >= 0.6 is 0 Å². The second kappa shape index (κ2) is 25.5. The third-order valence-corrected chi connectivity index (χ3v) is 23.2. The summed E-state index contributed by atoms with van der Waals surface area (Å²) in [4.78, 5) is 41.4. The van der Waals surface area contributed by atoms with Crippen LogP contribution in [-0.4, -0.2) is 245 Å². The molecular formula is C63H94O27. The quantitative estimate of drug-likeness (QED) is 0.0479. The lowest BCUT2D eigenvalue weighted by molar-refractivity contribution is -0.392. The van der Waals surface area contributed by atoms with Gasteiger partial charge in [0.15, 0.2) is 37.4 Å². The van der Waals surface area contributed by atoms with Gasteiger partial charge in [0.1, 0.15) is 85.5 Å². The van der Waals surface area contributed by atoms with E-state index in [1.165, 1.54) is 25.3 Å². The van der Waals surface area contributed by atoms with E-state index in [1.807, 2.05) is 27.7 Å². The molecule has 1 aromatic heterocycles. The van der Waals surface area contributed by atoms with E-state index in [-0.39, 0.29) is 36.0 Å². The summed E-state index contributed by atoms with van der Waals surface area (Å²) in [6, 6.07) is 2.97. The highest BCUT2D eigenvalue weighted by Crippen LogP contribution is 2.76. The van der Waals surface area contributed by atoms with E-state index in [9.17, 15) is 80.8 Å². The standard InChI is InChI=1S/C63H94O27/c1-11-26(2)52(78)90-50-49(89-53(79)31-13-12-20-80-31)58(4,5)21-29-28-14-15-34-60(8)18-17-36(59(6,7)33(60)16-19-61(34,9)62(28,10)22-35(66)63(29,50)25-82-55-43(73)40(70)37(67)27(3)83-55)85-57-48(88-56-44(74)41(71)39(69)32(23-64)84-56)46(45(75)47(87-57)51(76)77)86-54-42(72)38(68)30(65)24-81-54/h11-14,20,27,29-30,32-50,54-57,64-75H,15-19,21-25H2,1-10H3,(H,76,77)/b26-11+/t27-,29-,30+,32+,33-,34+,35+,36-,37-,38-,39-,40+,41-,42+,43+,44+,45-,46-,47-,48+,49-,50+,54-,55+,56-,57+,60-,61+,62+,63-/m0/s1. The molecule has 9 aliphatic rings. The summed E-state index contributed by atoms with van der Waals surface area (Å²) in [5.74, 6) is -4.24. The Balaban J connectivity index is 0.998. The van der Waals surface area contributed by atoms with Crippen LogP contribution in [0.1, 0.15) is 125 Å². The zero-order valence-corrected chi connectivity index (χ0v) is 52.5. The molecule has 0 unspecified atom stereocenters. The number of carbonyl (C=O) groups excluding carboxylic acids is 2. The molecule has 27 nitrogen and oxygen atoms in total. The first-order valence-electron chi connectivity index (χ1n) is 31.4. The van der Waals surface area contributed by atoms with Crippen LogP contribution in [-0.2, 0) is 57.0 Å². The molecule has 4 saturated carbocycles. The van der Waals surface area contributed by atoms with Crippen LogP contribution in [0.25, 0.3) is 0 Å². The predicted octanol–water partition coefficient (Wildman–Crippen LogP) is 0.0843. The number of aliphatic hydroxyl groups is 12. The summed E-state index contributed by atoms with van der Waals surface area (Å²) in [5, 5.41) is 144. The zero-order chi connectivity index (χ0) is 65.9. The van der Waals surface area contributed by atoms with Crippen LogP contribution in [0, 0.1) is 50.2 Å². The van der Waals surface area contributed by atoms with Crippen LogP contribution in [0.2, 0.25) is 0 Å². The number of carbonyl (C=O) groups is 3. The molecular weight excluding hydrogens is 1190 g/mol. The van der Waals surface area contributed by atoms with Crippen molar-refractivity contribution in [3.05, 3.63) is 47.5 Å². The van der Waals surface area contributed by atoms with Crippen molar-refractivity contribution in [3.8, 4) is 0 Å². The molecule has 0 aromatic carbocycles. The molecule has 5 heterocycles. The largest absolute Gasteiger partial charge is 0.479 e. The van der Waals surface area contributed by atoms with Crippen LogP contribution in [0.15, 0.2) is 46.1 Å². The first-order chi connectivity index (χ1) is 42.1. The van der Waals surface area contributed by atoms with Crippen molar-refractivity contribution in [2.24, 2.45) is 50.2 Å². The van der Waals surface area contributed by atoms with Gasteiger partial charge in [-0.15, -0.1) is 0 Å². The van der Waals surface area contributed by atoms with E-state index < -0.39 is 217 Å². The van der Waals surface area contributed by atoms with Gasteiger partial charge in [0.2, 0.25) is 5.76 Å². The zero-order valence-electron chi connectivity index (χ0n) is 52.5. The fourth-order valence-electron chi connectivity index (χ4n) is 17.7. The van der Waals surface area contributed by atoms with Crippen LogP contribution < -0.4 is 0 Å². The van der Waals surface area contributed by atoms with Crippen molar-refractivity contribution in [3.63, 3.8) is 0 Å². The van der Waals surface area contributed by atoms with Crippen molar-refractivity contribution in [1.29, 1.82) is 0 Å². The summed E-state index contributed by atoms with van der Waals surface area (Å²) in [6.07, 6.45) is -30.1. The van der Waals surface area contributed by atoms with Crippen molar-refractivity contribution in [2.75, 3.05) is 19.8 Å². The van der Waals surface area contributed by atoms with E-state index in [0.717, 1.165) is 5.57 Å². The van der Waals surface area contributed by atoms with Crippen molar-refractivity contribution in [2.45, 2.75) is 255 Å². The van der Waals surface area contributed by atoms with Crippen molar-refractivity contribution >= 4 is 17.9 Å². The summed E-state index contributed by atoms with van der Waals surface area (Å²) < 4.78 is 67.6. The van der Waals surface area contributed by atoms with Crippen molar-refractivity contribution < 1.29 is 133 Å². The number of allylic oxidation sites excluding steroid dienone is 3. The number of carboxylic acids is 1. The molecule has 90 heavy (non-hydrogen) atoms. The molecule has 0 amide bonds. The Morgan fingerprint density at radius 1 is 0.700 bits per heavy atom. The SMILES string of the molecule is C/C=C(\C)C(=O)O[C@@H]1[C@H](OC(=O)c2ccco2)C(C)(C)C[C@H]2C3=CC[C@@H]4[C@@]5(C)CC[C@H](O[C@@H]6O[C@H](C(=O)O)[C@@H](O)[C@H](O[C@@H]7OC[C@@H](O)[C@H](O)[C@H]7O)[C@H]6O[C@@H]6O[C@H](CO)[C@H](O)[C@H](O)[C@H]6O)C(C)(C)[C@@H]5CC[C@@]4(C)[C@]3(C)C[C@@H](O)[C@@]12CO[C@@H]1O[C@@H](C)[C@H](O)[C@@H](O)[C@H]1O. The summed E-state index contributed by atoms with van der Waals surface area (Å²) >= 11 is 0. The fraction of sp³-hybridized carbons (Fsp3) is 0.825. The lowest BCUT2D eigenvalue weighted by atomic mass is 9.33. The molecule has 0 spiro atoms. The molecule has 13 N–H and O–H groups in total. The lowest BCUT2D eigenvalue weighted by Gasteiger charge is -2.72. The van der Waals surface area contributed by atoms with Gasteiger partial charge in [0.05, 0.1) is 49.8 Å². The number of aliphatic hydroxyl groups excluding tert-OH is 12. The number of carboxylic acid groups (broad SMARTS) is 1. The van der Waals surface area contributed by atoms with Crippen LogP contribution in [0.5, 0.6) is 0 Å². The highest BCUT2D eigenvalue weighted by Gasteiger charge is 2.74. The van der Waals surface area contributed by atoms with E-state index in [0.29, 0.717) is 32.1 Å². The normalized spacial score (nSPS) is 49.2. The first kappa shape index (κ1) is 69.2. The molecule has 10 rings (SSSR count). The Bertz CT molecular complexity index is 2790. The highest BCUT2D eigenvalue weighted by molar-refractivity contribution is 5.88. The van der Waals surface area contributed by atoms with E-state index in [2.05, 4.69) is 26.8 Å². The minimum atomic E-state index is -2.14. The Hall–Kier alpha value is -3.63. The first-order valence-corrected chi connectivity index (χ1v) is 31.4. The molecule has 4 aliphatic heterocycles. The number of furan rings is 1. The molecule has 27 heteroatoms. The minimum absolute atomic E-state index is 0.0771. The Kier molecular flexibility index (Phi) is 19.6. The lowest BCUT2D eigenvalue weighted by Crippen LogP contribution is -2.73. The molecule has 8 fully saturated rings. The van der Waals surface area contributed by atoms with Crippen LogP contribution in [0.3, 0.4) is 0 Å². The fourth-order valence-corrected chi connectivity index (χ4v) is 17.7. The Labute approximate surface area is 521 Å². The molecule has 4 saturated heterocycles. The van der Waals surface area contributed by atoms with Gasteiger partial charge in [0, 0.05) is 11.0 Å². The Morgan fingerprint density at radius 2 is 1.37 bits per heavy atom. The number of fused-ring (bicyclic) bond motifs is 7. The maximum Gasteiger partial charge on any atom is 0.374 e. The van der Waals surface area contributed by atoms with Gasteiger partial charge in [-0.3, -0.25) is 0 Å². The molecule has 0 radical (unpaired) electrons. The smallest absolute Gasteiger partial charge is 0.374 e. The van der Waals surface area contributed by atoms with Gasteiger partial charge in [-0.1, -0.05) is 66.2 Å². The molecule has 5 aliphatic carbocycles. The van der Waals surface area contributed by atoms with Gasteiger partial charge < -0.3 is 118 Å². The average Bonchev–Trinajstić information content (AvgIpc) is 0.675. The predicted molar refractivity (Wildman–Crippen MR) is 305 cm³/mol. The number of rotatable bonds is 15. The second-order valence-corrected chi connectivity index (χ2v) is 28.9. The topological polar surface area (TPSA) is 420 Å². The van der Waals surface area contributed by atoms with Gasteiger partial charge in [0.25, 0.3) is 0 Å². The average molecular weight is 1280 g/mol. The van der Waals surface area contributed by atoms with Crippen LogP contribution in [0.4, 0.5) is 0 Å². The number of esters is 2. The molecule has 30 atom stereocenters. The van der Waals surface area contributed by atoms with E-state index in [1.54, 1.807) is 19.9 Å². The number of aliphatic carboxylic acids is 1. The highest BCUT2D eigenvalue weighted by atomic mass is 16.8. The van der Waals surface area contributed by atoms with E-state index in [4.69, 9.17) is 51.8 Å². The van der Waals surface area contributed by atoms with Gasteiger partial charge >= 0.3 is 17.9 Å². The van der Waals surface area contributed by atoms with Gasteiger partial charge in [-0.2, -0.15) is 0 Å². The van der Waals surface area contributed by atoms with E-state index >= 15 is 0 Å². The maximum atomic E-state index is 14.3. The number of ether oxygens (including phenoxy) is 10. The Morgan fingerprint density at radius 3 is 2.02 bits per heavy atom. The monoisotopic (exact) mass is 1280 g/mol. The number of hydrogen-bond donors (Lipinski definition) is 13. The summed E-state index contributed by atoms with van der Waals surface area (Å²) in [6.45, 7) is 17.5. The molecule has 0 bridgehead atoms. The van der Waals surface area contributed by atoms with Gasteiger partial charge in [-0.25, -0.2) is 14.4 Å². The number of hydrogen-bond acceptors (Lipinski definition) is 26.